The first-order valence-electron chi connectivity index (χ1n) is 8.28. The number of carbonyl (C=O) groups is 2. The molecule has 0 bridgehead atoms. The topological polar surface area (TPSA) is 75.3 Å². The quantitative estimate of drug-likeness (QED) is 0.845. The second kappa shape index (κ2) is 7.62. The Morgan fingerprint density at radius 1 is 1.35 bits per heavy atom. The molecule has 0 aliphatic carbocycles. The number of likely N-dealkylation sites (tertiary alicyclic amines) is 1. The number of hydrogen-bond donors (Lipinski definition) is 1. The fraction of sp³-hybridized carbons (Fsp3) is 0.706. The minimum Gasteiger partial charge on any atom is -0.469 e. The number of rotatable bonds is 5. The third-order valence-electron chi connectivity index (χ3n) is 4.81. The van der Waals surface area contributed by atoms with Crippen molar-refractivity contribution in [3.8, 4) is 0 Å². The van der Waals surface area contributed by atoms with Crippen LogP contribution in [0, 0.1) is 19.8 Å². The van der Waals surface area contributed by atoms with Crippen molar-refractivity contribution in [3.05, 3.63) is 17.0 Å². The van der Waals surface area contributed by atoms with Gasteiger partial charge in [-0.25, -0.2) is 0 Å². The number of methoxy groups -OCH3 is 1. The summed E-state index contributed by atoms with van der Waals surface area (Å²) >= 11 is 0. The van der Waals surface area contributed by atoms with E-state index in [0.717, 1.165) is 42.9 Å². The van der Waals surface area contributed by atoms with Gasteiger partial charge in [-0.05, 0) is 44.1 Å². The van der Waals surface area contributed by atoms with Crippen molar-refractivity contribution >= 4 is 11.9 Å². The van der Waals surface area contributed by atoms with Gasteiger partial charge in [-0.2, -0.15) is 5.10 Å². The van der Waals surface area contributed by atoms with Crippen molar-refractivity contribution in [2.24, 2.45) is 5.92 Å². The van der Waals surface area contributed by atoms with E-state index in [1.807, 2.05) is 18.7 Å². The number of nitrogens with one attached hydrogen (secondary N) is 1. The molecular weight excluding hydrogens is 294 g/mol. The third kappa shape index (κ3) is 4.33. The summed E-state index contributed by atoms with van der Waals surface area (Å²) in [5.74, 6) is 0.527. The molecule has 1 aliphatic heterocycles. The molecule has 0 unspecified atom stereocenters. The highest BCUT2D eigenvalue weighted by molar-refractivity contribution is 5.77. The van der Waals surface area contributed by atoms with E-state index in [1.165, 1.54) is 7.11 Å². The number of aromatic amines is 1. The predicted molar refractivity (Wildman–Crippen MR) is 87.0 cm³/mol. The lowest BCUT2D eigenvalue weighted by atomic mass is 9.92. The summed E-state index contributed by atoms with van der Waals surface area (Å²) in [7, 11) is 1.42. The number of aryl methyl sites for hydroxylation is 2. The maximum atomic E-state index is 12.5. The molecule has 2 rings (SSSR count). The van der Waals surface area contributed by atoms with E-state index >= 15 is 0 Å². The second-order valence-electron chi connectivity index (χ2n) is 6.56. The summed E-state index contributed by atoms with van der Waals surface area (Å²) in [5.41, 5.74) is 3.16. The Balaban J connectivity index is 1.84. The van der Waals surface area contributed by atoms with Gasteiger partial charge in [0.2, 0.25) is 5.91 Å². The molecule has 1 saturated heterocycles. The van der Waals surface area contributed by atoms with Gasteiger partial charge < -0.3 is 9.64 Å². The minimum absolute atomic E-state index is 0.158. The van der Waals surface area contributed by atoms with Crippen LogP contribution >= 0.6 is 0 Å². The molecule has 0 spiro atoms. The van der Waals surface area contributed by atoms with Crippen molar-refractivity contribution in [1.29, 1.82) is 0 Å². The smallest absolute Gasteiger partial charge is 0.305 e. The largest absolute Gasteiger partial charge is 0.469 e. The van der Waals surface area contributed by atoms with Crippen LogP contribution in [-0.2, 0) is 14.3 Å². The molecule has 0 saturated carbocycles. The zero-order valence-electron chi connectivity index (χ0n) is 14.5. The average molecular weight is 321 g/mol. The van der Waals surface area contributed by atoms with Crippen LogP contribution in [0.3, 0.4) is 0 Å². The molecule has 0 radical (unpaired) electrons. The van der Waals surface area contributed by atoms with Gasteiger partial charge >= 0.3 is 5.97 Å². The number of piperidine rings is 1. The van der Waals surface area contributed by atoms with E-state index < -0.39 is 0 Å². The first-order chi connectivity index (χ1) is 10.9. The third-order valence-corrected chi connectivity index (χ3v) is 4.81. The molecule has 0 aromatic carbocycles. The Kier molecular flexibility index (Phi) is 5.80. The number of amides is 1. The van der Waals surface area contributed by atoms with E-state index in [4.69, 9.17) is 4.74 Å². The number of carbonyl (C=O) groups excluding carboxylic acids is 2. The molecule has 1 aliphatic rings. The Morgan fingerprint density at radius 2 is 2.00 bits per heavy atom. The highest BCUT2D eigenvalue weighted by atomic mass is 16.5. The van der Waals surface area contributed by atoms with Crippen LogP contribution in [0.1, 0.15) is 55.5 Å². The Bertz CT molecular complexity index is 540. The molecule has 1 atom stereocenters. The summed E-state index contributed by atoms with van der Waals surface area (Å²) in [4.78, 5) is 25.8. The number of esters is 1. The molecule has 6 heteroatoms. The van der Waals surface area contributed by atoms with Gasteiger partial charge in [0.05, 0.1) is 12.8 Å². The van der Waals surface area contributed by atoms with Crippen molar-refractivity contribution in [1.82, 2.24) is 15.1 Å². The summed E-state index contributed by atoms with van der Waals surface area (Å²) in [6, 6.07) is 0. The Hall–Kier alpha value is -1.85. The van der Waals surface area contributed by atoms with Gasteiger partial charge in [0.25, 0.3) is 0 Å². The fourth-order valence-electron chi connectivity index (χ4n) is 3.48. The van der Waals surface area contributed by atoms with Gasteiger partial charge in [0, 0.05) is 31.6 Å². The zero-order chi connectivity index (χ0) is 17.0. The van der Waals surface area contributed by atoms with Crippen LogP contribution in [0.2, 0.25) is 0 Å². The van der Waals surface area contributed by atoms with Gasteiger partial charge in [0.15, 0.2) is 0 Å². The van der Waals surface area contributed by atoms with Crippen molar-refractivity contribution in [3.63, 3.8) is 0 Å². The van der Waals surface area contributed by atoms with E-state index in [0.29, 0.717) is 18.8 Å². The summed E-state index contributed by atoms with van der Waals surface area (Å²) in [6.45, 7) is 7.51. The first-order valence-corrected chi connectivity index (χ1v) is 8.28. The van der Waals surface area contributed by atoms with Crippen molar-refractivity contribution < 1.29 is 14.3 Å². The number of ether oxygens (including phenoxy) is 1. The monoisotopic (exact) mass is 321 g/mol. The normalized spacial score (nSPS) is 17.1. The minimum atomic E-state index is -0.158. The van der Waals surface area contributed by atoms with Crippen molar-refractivity contribution in [2.45, 2.75) is 52.4 Å². The van der Waals surface area contributed by atoms with Crippen molar-refractivity contribution in [2.75, 3.05) is 20.2 Å². The second-order valence-corrected chi connectivity index (χ2v) is 6.56. The van der Waals surface area contributed by atoms with E-state index in [-0.39, 0.29) is 17.8 Å². The van der Waals surface area contributed by atoms with Crippen LogP contribution in [0.15, 0.2) is 0 Å². The lowest BCUT2D eigenvalue weighted by Gasteiger charge is -2.32. The summed E-state index contributed by atoms with van der Waals surface area (Å²) in [6.07, 6.45) is 2.71. The molecule has 1 aromatic rings. The highest BCUT2D eigenvalue weighted by Crippen LogP contribution is 2.27. The van der Waals surface area contributed by atoms with Gasteiger partial charge in [-0.15, -0.1) is 0 Å². The molecule has 23 heavy (non-hydrogen) atoms. The van der Waals surface area contributed by atoms with E-state index in [2.05, 4.69) is 17.1 Å². The predicted octanol–water partition coefficient (Wildman–Crippen LogP) is 2.32. The number of nitrogens with zero attached hydrogens (tertiary/aromatic N) is 2. The van der Waals surface area contributed by atoms with Crippen LogP contribution < -0.4 is 0 Å². The maximum Gasteiger partial charge on any atom is 0.305 e. The van der Waals surface area contributed by atoms with Gasteiger partial charge in [-0.3, -0.25) is 14.7 Å². The number of hydrogen-bond acceptors (Lipinski definition) is 4. The fourth-order valence-corrected chi connectivity index (χ4v) is 3.48. The lowest BCUT2D eigenvalue weighted by Crippen LogP contribution is -2.39. The van der Waals surface area contributed by atoms with E-state index in [9.17, 15) is 9.59 Å². The summed E-state index contributed by atoms with van der Waals surface area (Å²) < 4.78 is 4.72. The molecule has 1 aromatic heterocycles. The number of H-pyrrole nitrogens is 1. The zero-order valence-corrected chi connectivity index (χ0v) is 14.5. The van der Waals surface area contributed by atoms with Crippen LogP contribution in [-0.4, -0.2) is 47.2 Å². The molecule has 1 N–H and O–H groups in total. The Labute approximate surface area is 137 Å². The molecule has 6 nitrogen and oxygen atoms in total. The number of aromatic nitrogens is 2. The average Bonchev–Trinajstić information content (AvgIpc) is 2.86. The molecule has 2 heterocycles. The van der Waals surface area contributed by atoms with Gasteiger partial charge in [-0.1, -0.05) is 6.92 Å². The first kappa shape index (κ1) is 17.5. The van der Waals surface area contributed by atoms with Crippen LogP contribution in [0.5, 0.6) is 0 Å². The SMILES string of the molecule is COC(=O)CC1CCN(C(=O)C[C@@H](C)c2c(C)n[nH]c2C)CC1. The molecule has 1 fully saturated rings. The molecular formula is C17H27N3O3. The van der Waals surface area contributed by atoms with Gasteiger partial charge in [0.1, 0.15) is 0 Å². The lowest BCUT2D eigenvalue weighted by molar-refractivity contribution is -0.142. The Morgan fingerprint density at radius 3 is 2.52 bits per heavy atom. The van der Waals surface area contributed by atoms with E-state index in [1.54, 1.807) is 0 Å². The maximum absolute atomic E-state index is 12.5. The molecule has 128 valence electrons. The molecule has 1 amide bonds. The summed E-state index contributed by atoms with van der Waals surface area (Å²) in [5, 5.41) is 7.19. The standard InChI is InChI=1S/C17H27N3O3/c1-11(17-12(2)18-19-13(17)3)9-15(21)20-7-5-14(6-8-20)10-16(22)23-4/h11,14H,5-10H2,1-4H3,(H,18,19)/t11-/m1/s1. The van der Waals surface area contributed by atoms with Crippen LogP contribution in [0.25, 0.3) is 0 Å². The highest BCUT2D eigenvalue weighted by Gasteiger charge is 2.26. The van der Waals surface area contributed by atoms with Crippen LogP contribution in [0.4, 0.5) is 0 Å².